The van der Waals surface area contributed by atoms with E-state index in [0.29, 0.717) is 11.7 Å². The van der Waals surface area contributed by atoms with E-state index in [2.05, 4.69) is 34.5 Å². The lowest BCUT2D eigenvalue weighted by molar-refractivity contribution is -0.137. The minimum Gasteiger partial charge on any atom is -0.342 e. The number of carbonyl (C=O) groups is 2. The number of likely N-dealkylation sites (tertiary alicyclic amines) is 1. The van der Waals surface area contributed by atoms with Gasteiger partial charge in [0.1, 0.15) is 5.01 Å². The molecule has 7 heteroatoms. The van der Waals surface area contributed by atoms with Gasteiger partial charge in [0, 0.05) is 26.1 Å². The number of hydrogen-bond donors (Lipinski definition) is 0. The molecule has 2 aromatic rings. The number of anilines is 1. The molecule has 3 heterocycles. The van der Waals surface area contributed by atoms with Gasteiger partial charge in [0.25, 0.3) is 0 Å². The molecule has 2 fully saturated rings. The molecule has 1 spiro atoms. The average molecular weight is 397 g/mol. The minimum absolute atomic E-state index is 0.0206. The number of rotatable bonds is 2. The van der Waals surface area contributed by atoms with E-state index in [-0.39, 0.29) is 29.6 Å². The van der Waals surface area contributed by atoms with Crippen molar-refractivity contribution in [3.05, 3.63) is 40.4 Å². The molecule has 28 heavy (non-hydrogen) atoms. The third kappa shape index (κ3) is 2.83. The van der Waals surface area contributed by atoms with Crippen LogP contribution in [0.2, 0.25) is 0 Å². The van der Waals surface area contributed by atoms with Crippen molar-refractivity contribution < 1.29 is 9.59 Å². The highest BCUT2D eigenvalue weighted by atomic mass is 32.1. The van der Waals surface area contributed by atoms with Crippen LogP contribution >= 0.6 is 11.3 Å². The smallest absolute Gasteiger partial charge is 0.229 e. The van der Waals surface area contributed by atoms with Gasteiger partial charge < -0.3 is 4.90 Å². The molecule has 3 aliphatic rings. The van der Waals surface area contributed by atoms with E-state index in [1.165, 1.54) is 28.9 Å². The van der Waals surface area contributed by atoms with E-state index in [1.54, 1.807) is 4.90 Å². The Bertz CT molecular complexity index is 932. The molecule has 2 aliphatic heterocycles. The summed E-state index contributed by atoms with van der Waals surface area (Å²) in [6, 6.07) is 8.78. The fraction of sp³-hybridized carbons (Fsp3) is 0.524. The first-order valence-corrected chi connectivity index (χ1v) is 10.8. The minimum atomic E-state index is -0.262. The Morgan fingerprint density at radius 3 is 2.71 bits per heavy atom. The van der Waals surface area contributed by atoms with Crippen LogP contribution in [-0.2, 0) is 21.4 Å². The molecule has 6 nitrogen and oxygen atoms in total. The highest BCUT2D eigenvalue weighted by molar-refractivity contribution is 7.15. The number of hydrogen-bond acceptors (Lipinski definition) is 5. The van der Waals surface area contributed by atoms with Crippen molar-refractivity contribution in [3.8, 4) is 0 Å². The zero-order chi connectivity index (χ0) is 19.3. The summed E-state index contributed by atoms with van der Waals surface area (Å²) in [7, 11) is 0. The molecular formula is C21H24N4O2S. The molecule has 1 unspecified atom stereocenters. The zero-order valence-electron chi connectivity index (χ0n) is 16.1. The van der Waals surface area contributed by atoms with Gasteiger partial charge in [0.05, 0.1) is 5.92 Å². The van der Waals surface area contributed by atoms with Gasteiger partial charge in [-0.25, -0.2) is 0 Å². The Morgan fingerprint density at radius 2 is 1.96 bits per heavy atom. The Labute approximate surface area is 168 Å². The lowest BCUT2D eigenvalue weighted by Gasteiger charge is -2.41. The predicted molar refractivity (Wildman–Crippen MR) is 107 cm³/mol. The second-order valence-corrected chi connectivity index (χ2v) is 9.43. The van der Waals surface area contributed by atoms with Crippen LogP contribution in [0.5, 0.6) is 0 Å². The quantitative estimate of drug-likeness (QED) is 0.783. The van der Waals surface area contributed by atoms with Crippen molar-refractivity contribution in [1.29, 1.82) is 0 Å². The monoisotopic (exact) mass is 396 g/mol. The standard InChI is InChI=1S/C21H24N4O2S/c1-14-22-23-20(28-14)25-13-16(12-18(25)26)19(27)24-10-8-21(9-11-24)7-6-15-4-2-3-5-17(15)21/h2-5,16H,6-13H2,1H3. The van der Waals surface area contributed by atoms with E-state index in [0.717, 1.165) is 37.4 Å². The fourth-order valence-corrected chi connectivity index (χ4v) is 5.86. The fourth-order valence-electron chi connectivity index (χ4n) is 5.15. The van der Waals surface area contributed by atoms with Crippen LogP contribution in [0.15, 0.2) is 24.3 Å². The number of carbonyl (C=O) groups excluding carboxylic acids is 2. The number of aromatic nitrogens is 2. The van der Waals surface area contributed by atoms with Gasteiger partial charge in [-0.15, -0.1) is 10.2 Å². The summed E-state index contributed by atoms with van der Waals surface area (Å²) in [4.78, 5) is 29.1. The molecule has 2 saturated heterocycles. The summed E-state index contributed by atoms with van der Waals surface area (Å²) in [5.41, 5.74) is 3.22. The first-order chi connectivity index (χ1) is 13.6. The van der Waals surface area contributed by atoms with Crippen molar-refractivity contribution in [2.24, 2.45) is 5.92 Å². The Morgan fingerprint density at radius 1 is 1.18 bits per heavy atom. The van der Waals surface area contributed by atoms with Crippen LogP contribution in [0.25, 0.3) is 0 Å². The van der Waals surface area contributed by atoms with E-state index >= 15 is 0 Å². The number of aryl methyl sites for hydroxylation is 2. The van der Waals surface area contributed by atoms with Crippen molar-refractivity contribution in [2.75, 3.05) is 24.5 Å². The van der Waals surface area contributed by atoms with Gasteiger partial charge in [0.15, 0.2) is 0 Å². The van der Waals surface area contributed by atoms with Crippen molar-refractivity contribution >= 4 is 28.3 Å². The molecule has 146 valence electrons. The molecule has 1 aliphatic carbocycles. The Kier molecular flexibility index (Phi) is 4.23. The van der Waals surface area contributed by atoms with E-state index in [4.69, 9.17) is 0 Å². The molecule has 0 radical (unpaired) electrons. The second-order valence-electron chi connectivity index (χ2n) is 8.27. The number of nitrogens with zero attached hydrogens (tertiary/aromatic N) is 4. The Hall–Kier alpha value is -2.28. The van der Waals surface area contributed by atoms with Crippen molar-refractivity contribution in [2.45, 2.75) is 44.4 Å². The number of piperidine rings is 1. The molecular weight excluding hydrogens is 372 g/mol. The van der Waals surface area contributed by atoms with Crippen LogP contribution in [0, 0.1) is 12.8 Å². The number of benzene rings is 1. The summed E-state index contributed by atoms with van der Waals surface area (Å²) < 4.78 is 0. The molecule has 0 N–H and O–H groups in total. The normalized spacial score (nSPS) is 23.5. The average Bonchev–Trinajstić information content (AvgIpc) is 3.40. The number of fused-ring (bicyclic) bond motifs is 2. The lowest BCUT2D eigenvalue weighted by atomic mass is 9.73. The molecule has 1 aromatic heterocycles. The van der Waals surface area contributed by atoms with Gasteiger partial charge in [0.2, 0.25) is 16.9 Å². The van der Waals surface area contributed by atoms with Crippen LogP contribution < -0.4 is 4.90 Å². The summed E-state index contributed by atoms with van der Waals surface area (Å²) >= 11 is 1.40. The Balaban J connectivity index is 1.25. The van der Waals surface area contributed by atoms with Gasteiger partial charge in [-0.1, -0.05) is 35.6 Å². The van der Waals surface area contributed by atoms with Gasteiger partial charge in [-0.3, -0.25) is 14.5 Å². The van der Waals surface area contributed by atoms with E-state index in [1.807, 2.05) is 11.8 Å². The number of amides is 2. The molecule has 0 saturated carbocycles. The molecule has 5 rings (SSSR count). The molecule has 1 aromatic carbocycles. The molecule has 1 atom stereocenters. The maximum absolute atomic E-state index is 13.1. The van der Waals surface area contributed by atoms with Gasteiger partial charge in [-0.2, -0.15) is 0 Å². The van der Waals surface area contributed by atoms with Crippen LogP contribution in [-0.4, -0.2) is 46.5 Å². The van der Waals surface area contributed by atoms with Gasteiger partial charge in [-0.05, 0) is 49.1 Å². The topological polar surface area (TPSA) is 66.4 Å². The SMILES string of the molecule is Cc1nnc(N2CC(C(=O)N3CCC4(CCc5ccccc54)CC3)CC2=O)s1. The summed E-state index contributed by atoms with van der Waals surface area (Å²) in [6.07, 6.45) is 4.67. The predicted octanol–water partition coefficient (Wildman–Crippen LogP) is 2.71. The maximum atomic E-state index is 13.1. The third-order valence-corrected chi connectivity index (χ3v) is 7.58. The van der Waals surface area contributed by atoms with Crippen LogP contribution in [0.4, 0.5) is 5.13 Å². The van der Waals surface area contributed by atoms with E-state index in [9.17, 15) is 9.59 Å². The van der Waals surface area contributed by atoms with Crippen molar-refractivity contribution in [1.82, 2.24) is 15.1 Å². The summed E-state index contributed by atoms with van der Waals surface area (Å²) in [5.74, 6) is -0.160. The van der Waals surface area contributed by atoms with Crippen molar-refractivity contribution in [3.63, 3.8) is 0 Å². The lowest BCUT2D eigenvalue weighted by Crippen LogP contribution is -2.46. The van der Waals surface area contributed by atoms with E-state index < -0.39 is 0 Å². The van der Waals surface area contributed by atoms with Crippen LogP contribution in [0.1, 0.15) is 41.8 Å². The highest BCUT2D eigenvalue weighted by Crippen LogP contribution is 2.46. The first kappa shape index (κ1) is 17.8. The van der Waals surface area contributed by atoms with Gasteiger partial charge >= 0.3 is 0 Å². The third-order valence-electron chi connectivity index (χ3n) is 6.71. The zero-order valence-corrected chi connectivity index (χ0v) is 16.9. The first-order valence-electron chi connectivity index (χ1n) is 10.0. The summed E-state index contributed by atoms with van der Waals surface area (Å²) in [5, 5.41) is 9.51. The second kappa shape index (κ2) is 6.65. The molecule has 0 bridgehead atoms. The van der Waals surface area contributed by atoms with Crippen LogP contribution in [0.3, 0.4) is 0 Å². The summed E-state index contributed by atoms with van der Waals surface area (Å²) in [6.45, 7) is 3.87. The molecule has 2 amide bonds. The largest absolute Gasteiger partial charge is 0.342 e. The maximum Gasteiger partial charge on any atom is 0.229 e. The highest BCUT2D eigenvalue weighted by Gasteiger charge is 2.44.